The topological polar surface area (TPSA) is 84.2 Å². The number of aliphatic hydroxyl groups excluding tert-OH is 4. The van der Waals surface area contributed by atoms with Gasteiger partial charge in [0.2, 0.25) is 0 Å². The van der Waals surface area contributed by atoms with Gasteiger partial charge in [0.25, 0.3) is 0 Å². The highest BCUT2D eigenvalue weighted by Crippen LogP contribution is 2.03. The lowest BCUT2D eigenvalue weighted by Crippen LogP contribution is -2.40. The molecule has 0 aliphatic carbocycles. The molecule has 5 nitrogen and oxygen atoms in total. The number of aliphatic hydroxyl groups is 4. The summed E-state index contributed by atoms with van der Waals surface area (Å²) in [5.41, 5.74) is 0. The van der Waals surface area contributed by atoms with E-state index in [9.17, 15) is 10.2 Å². The lowest BCUT2D eigenvalue weighted by molar-refractivity contribution is 0.0228. The number of hydrogen-bond acceptors (Lipinski definition) is 5. The van der Waals surface area contributed by atoms with E-state index in [1.165, 1.54) is 0 Å². The first-order chi connectivity index (χ1) is 9.13. The van der Waals surface area contributed by atoms with Crippen LogP contribution in [-0.4, -0.2) is 70.4 Å². The van der Waals surface area contributed by atoms with Crippen LogP contribution >= 0.6 is 0 Å². The van der Waals surface area contributed by atoms with Crippen LogP contribution in [0.3, 0.4) is 0 Å². The van der Waals surface area contributed by atoms with Gasteiger partial charge in [-0.1, -0.05) is 19.1 Å². The first-order valence-electron chi connectivity index (χ1n) is 7.09. The molecule has 0 saturated heterocycles. The van der Waals surface area contributed by atoms with Gasteiger partial charge in [0, 0.05) is 13.1 Å². The molecule has 0 rings (SSSR count). The number of unbranched alkanes of at least 4 members (excludes halogenated alkanes) is 2. The van der Waals surface area contributed by atoms with Crippen LogP contribution in [0.15, 0.2) is 12.2 Å². The second-order valence-corrected chi connectivity index (χ2v) is 4.81. The molecule has 2 atom stereocenters. The molecule has 5 heteroatoms. The molecule has 0 amide bonds. The van der Waals surface area contributed by atoms with Crippen molar-refractivity contribution in [2.45, 2.75) is 44.8 Å². The first kappa shape index (κ1) is 18.5. The van der Waals surface area contributed by atoms with E-state index in [2.05, 4.69) is 19.1 Å². The molecule has 0 aromatic heterocycles. The summed E-state index contributed by atoms with van der Waals surface area (Å²) in [6.07, 6.45) is 6.81. The van der Waals surface area contributed by atoms with Gasteiger partial charge in [-0.2, -0.15) is 0 Å². The van der Waals surface area contributed by atoms with Crippen molar-refractivity contribution in [1.82, 2.24) is 4.90 Å². The normalized spacial score (nSPS) is 15.3. The minimum atomic E-state index is -0.800. The van der Waals surface area contributed by atoms with Crippen LogP contribution in [0.4, 0.5) is 0 Å². The molecule has 2 unspecified atom stereocenters. The fraction of sp³-hybridized carbons (Fsp3) is 0.857. The second-order valence-electron chi connectivity index (χ2n) is 4.81. The van der Waals surface area contributed by atoms with Gasteiger partial charge in [0.1, 0.15) is 0 Å². The van der Waals surface area contributed by atoms with E-state index in [-0.39, 0.29) is 13.2 Å². The Bertz CT molecular complexity index is 211. The number of nitrogens with zero attached hydrogens (tertiary/aromatic N) is 1. The average Bonchev–Trinajstić information content (AvgIpc) is 2.41. The molecule has 0 fully saturated rings. The van der Waals surface area contributed by atoms with Gasteiger partial charge in [-0.25, -0.2) is 0 Å². The van der Waals surface area contributed by atoms with Crippen molar-refractivity contribution < 1.29 is 20.4 Å². The van der Waals surface area contributed by atoms with Gasteiger partial charge >= 0.3 is 0 Å². The van der Waals surface area contributed by atoms with E-state index in [1.54, 1.807) is 0 Å². The monoisotopic (exact) mass is 275 g/mol. The molecule has 19 heavy (non-hydrogen) atoms. The molecule has 0 spiro atoms. The highest BCUT2D eigenvalue weighted by atomic mass is 16.3. The van der Waals surface area contributed by atoms with Crippen molar-refractivity contribution in [3.8, 4) is 0 Å². The van der Waals surface area contributed by atoms with Gasteiger partial charge in [-0.3, -0.25) is 4.90 Å². The average molecular weight is 275 g/mol. The third-order valence-electron chi connectivity index (χ3n) is 2.86. The predicted molar refractivity (Wildman–Crippen MR) is 75.9 cm³/mol. The summed E-state index contributed by atoms with van der Waals surface area (Å²) >= 11 is 0. The smallest absolute Gasteiger partial charge is 0.0897 e. The zero-order valence-electron chi connectivity index (χ0n) is 11.9. The van der Waals surface area contributed by atoms with Gasteiger partial charge < -0.3 is 20.4 Å². The Balaban J connectivity index is 3.93. The Hall–Kier alpha value is -0.460. The maximum atomic E-state index is 9.44. The highest BCUT2D eigenvalue weighted by Gasteiger charge is 2.14. The molecular weight excluding hydrogens is 246 g/mol. The summed E-state index contributed by atoms with van der Waals surface area (Å²) in [6.45, 7) is 2.91. The fourth-order valence-electron chi connectivity index (χ4n) is 1.85. The standard InChI is InChI=1S/C14H29NO4/c1-2-3-4-5-6-7-8-15(9-13(18)11-16)10-14(19)12-17/h3-4,13-14,16-19H,2,5-12H2,1H3/b4-3+. The van der Waals surface area contributed by atoms with E-state index in [0.717, 1.165) is 32.2 Å². The van der Waals surface area contributed by atoms with E-state index < -0.39 is 12.2 Å². The molecule has 0 aliphatic rings. The number of hydrogen-bond donors (Lipinski definition) is 4. The summed E-state index contributed by atoms with van der Waals surface area (Å²) in [5.74, 6) is 0. The maximum absolute atomic E-state index is 9.44. The van der Waals surface area contributed by atoms with Crippen LogP contribution in [-0.2, 0) is 0 Å². The Labute approximate surface area is 116 Å². The van der Waals surface area contributed by atoms with Crippen LogP contribution in [0, 0.1) is 0 Å². The van der Waals surface area contributed by atoms with Crippen LogP contribution in [0.1, 0.15) is 32.6 Å². The Morgan fingerprint density at radius 2 is 1.53 bits per heavy atom. The largest absolute Gasteiger partial charge is 0.394 e. The molecule has 0 aromatic rings. The molecule has 114 valence electrons. The molecule has 0 aromatic carbocycles. The molecule has 0 bridgehead atoms. The summed E-state index contributed by atoms with van der Waals surface area (Å²) in [5, 5.41) is 36.6. The van der Waals surface area contributed by atoms with Crippen molar-refractivity contribution in [3.05, 3.63) is 12.2 Å². The van der Waals surface area contributed by atoms with Crippen molar-refractivity contribution in [2.24, 2.45) is 0 Å². The maximum Gasteiger partial charge on any atom is 0.0897 e. The predicted octanol–water partition coefficient (Wildman–Crippen LogP) is 0.131. The number of rotatable bonds is 12. The molecule has 0 saturated carbocycles. The van der Waals surface area contributed by atoms with E-state index in [0.29, 0.717) is 13.1 Å². The van der Waals surface area contributed by atoms with Crippen LogP contribution in [0.2, 0.25) is 0 Å². The Morgan fingerprint density at radius 3 is 2.00 bits per heavy atom. The summed E-state index contributed by atoms with van der Waals surface area (Å²) in [4.78, 5) is 1.88. The van der Waals surface area contributed by atoms with Crippen molar-refractivity contribution in [3.63, 3.8) is 0 Å². The zero-order valence-corrected chi connectivity index (χ0v) is 11.9. The van der Waals surface area contributed by atoms with Gasteiger partial charge in [0.05, 0.1) is 25.4 Å². The Morgan fingerprint density at radius 1 is 0.947 bits per heavy atom. The van der Waals surface area contributed by atoms with Gasteiger partial charge in [-0.05, 0) is 32.2 Å². The van der Waals surface area contributed by atoms with Crippen molar-refractivity contribution in [2.75, 3.05) is 32.8 Å². The lowest BCUT2D eigenvalue weighted by Gasteiger charge is -2.26. The van der Waals surface area contributed by atoms with Crippen molar-refractivity contribution >= 4 is 0 Å². The van der Waals surface area contributed by atoms with E-state index in [1.807, 2.05) is 4.90 Å². The minimum Gasteiger partial charge on any atom is -0.394 e. The van der Waals surface area contributed by atoms with Gasteiger partial charge in [-0.15, -0.1) is 0 Å². The highest BCUT2D eigenvalue weighted by molar-refractivity contribution is 4.80. The summed E-state index contributed by atoms with van der Waals surface area (Å²) in [7, 11) is 0. The van der Waals surface area contributed by atoms with Crippen LogP contribution in [0.25, 0.3) is 0 Å². The molecule has 0 radical (unpaired) electrons. The SMILES string of the molecule is CC/C=C/CCCCN(CC(O)CO)CC(O)CO. The van der Waals surface area contributed by atoms with Gasteiger partial charge in [0.15, 0.2) is 0 Å². The van der Waals surface area contributed by atoms with E-state index in [4.69, 9.17) is 10.2 Å². The van der Waals surface area contributed by atoms with Crippen LogP contribution in [0.5, 0.6) is 0 Å². The van der Waals surface area contributed by atoms with Crippen LogP contribution < -0.4 is 0 Å². The third-order valence-corrected chi connectivity index (χ3v) is 2.86. The lowest BCUT2D eigenvalue weighted by atomic mass is 10.2. The zero-order chi connectivity index (χ0) is 14.5. The minimum absolute atomic E-state index is 0.287. The molecule has 4 N–H and O–H groups in total. The summed E-state index contributed by atoms with van der Waals surface area (Å²) < 4.78 is 0. The molecule has 0 heterocycles. The fourth-order valence-corrected chi connectivity index (χ4v) is 1.85. The molecule has 0 aliphatic heterocycles. The quantitative estimate of drug-likeness (QED) is 0.301. The molecular formula is C14H29NO4. The second kappa shape index (κ2) is 12.6. The number of allylic oxidation sites excluding steroid dienone is 2. The van der Waals surface area contributed by atoms with Crippen molar-refractivity contribution in [1.29, 1.82) is 0 Å². The Kier molecular flexibility index (Phi) is 12.3. The van der Waals surface area contributed by atoms with E-state index >= 15 is 0 Å². The first-order valence-corrected chi connectivity index (χ1v) is 7.09. The third kappa shape index (κ3) is 11.1. The summed E-state index contributed by atoms with van der Waals surface area (Å²) in [6, 6.07) is 0.